The van der Waals surface area contributed by atoms with E-state index in [1.807, 2.05) is 0 Å². The van der Waals surface area contributed by atoms with Crippen LogP contribution in [0.2, 0.25) is 0 Å². The average Bonchev–Trinajstić information content (AvgIpc) is 2.48. The van der Waals surface area contributed by atoms with Crippen molar-refractivity contribution >= 4 is 11.9 Å². The molecule has 0 aliphatic carbocycles. The van der Waals surface area contributed by atoms with Gasteiger partial charge in [0.25, 0.3) is 0 Å². The monoisotopic (exact) mass is 331 g/mol. The van der Waals surface area contributed by atoms with Crippen LogP contribution in [0.15, 0.2) is 24.3 Å². The average molecular weight is 331 g/mol. The van der Waals surface area contributed by atoms with E-state index in [9.17, 15) is 9.59 Å². The first-order valence-electron chi connectivity index (χ1n) is 7.24. The molecule has 0 aromatic rings. The van der Waals surface area contributed by atoms with Gasteiger partial charge in [-0.2, -0.15) is 0 Å². The van der Waals surface area contributed by atoms with Crippen molar-refractivity contribution in [2.45, 2.75) is 33.8 Å². The van der Waals surface area contributed by atoms with Crippen LogP contribution in [0, 0.1) is 5.92 Å². The van der Waals surface area contributed by atoms with Crippen molar-refractivity contribution in [2.75, 3.05) is 26.6 Å². The fourth-order valence-electron chi connectivity index (χ4n) is 0.910. The van der Waals surface area contributed by atoms with E-state index in [0.717, 1.165) is 0 Å². The van der Waals surface area contributed by atoms with Gasteiger partial charge >= 0.3 is 5.97 Å². The molecule has 7 nitrogen and oxygen atoms in total. The summed E-state index contributed by atoms with van der Waals surface area (Å²) in [5.41, 5.74) is 0.776. The van der Waals surface area contributed by atoms with Crippen LogP contribution in [0.1, 0.15) is 27.7 Å². The molecule has 0 aromatic carbocycles. The predicted octanol–water partition coefficient (Wildman–Crippen LogP) is 0.768. The highest BCUT2D eigenvalue weighted by Crippen LogP contribution is 1.93. The summed E-state index contributed by atoms with van der Waals surface area (Å²) in [6.07, 6.45) is -1.00. The van der Waals surface area contributed by atoms with Crippen LogP contribution < -0.4 is 5.32 Å². The van der Waals surface area contributed by atoms with Gasteiger partial charge in [-0.15, -0.1) is 0 Å². The van der Waals surface area contributed by atoms with E-state index in [1.165, 1.54) is 6.92 Å². The van der Waals surface area contributed by atoms with Gasteiger partial charge in [0, 0.05) is 11.1 Å². The molecule has 0 radical (unpaired) electrons. The largest absolute Gasteiger partial charge is 0.460 e. The molecule has 0 aromatic heterocycles. The minimum Gasteiger partial charge on any atom is -0.460 e. The van der Waals surface area contributed by atoms with Crippen molar-refractivity contribution in [3.63, 3.8) is 0 Å². The Morgan fingerprint density at radius 1 is 1.13 bits per heavy atom. The number of aliphatic hydroxyl groups is 2. The van der Waals surface area contributed by atoms with E-state index < -0.39 is 18.7 Å². The standard InChI is InChI=1S/C9H17NO2.C7H12O4/c1-7(2)5-12-6-10-9(11)8(3)4;1-5(2)7(10)11-4-6(9)3-8/h7H,3,5-6H2,1-2,4H3,(H,10,11);6,8-9H,1,3-4H2,2H3. The molecule has 0 spiro atoms. The maximum Gasteiger partial charge on any atom is 0.333 e. The Labute approximate surface area is 138 Å². The highest BCUT2D eigenvalue weighted by molar-refractivity contribution is 5.91. The quantitative estimate of drug-likeness (QED) is 0.249. The Bertz CT molecular complexity index is 392. The zero-order valence-electron chi connectivity index (χ0n) is 14.4. The SMILES string of the molecule is C=C(C)C(=O)NCOCC(C)C.C=C(C)C(=O)OCC(O)CO. The topological polar surface area (TPSA) is 105 Å². The molecule has 134 valence electrons. The molecule has 0 aliphatic rings. The van der Waals surface area contributed by atoms with Crippen LogP contribution in [0.25, 0.3) is 0 Å². The summed E-state index contributed by atoms with van der Waals surface area (Å²) in [6.45, 7) is 14.5. The van der Waals surface area contributed by atoms with Gasteiger partial charge in [-0.3, -0.25) is 4.79 Å². The lowest BCUT2D eigenvalue weighted by molar-refractivity contribution is -0.142. The summed E-state index contributed by atoms with van der Waals surface area (Å²) >= 11 is 0. The van der Waals surface area contributed by atoms with Gasteiger partial charge < -0.3 is 25.0 Å². The maximum atomic E-state index is 10.9. The minimum absolute atomic E-state index is 0.154. The Hall–Kier alpha value is -1.70. The molecular formula is C16H29NO6. The first-order chi connectivity index (χ1) is 10.6. The number of nitrogens with one attached hydrogen (secondary N) is 1. The van der Waals surface area contributed by atoms with Crippen LogP contribution in [-0.2, 0) is 19.1 Å². The smallest absolute Gasteiger partial charge is 0.333 e. The second-order valence-corrected chi connectivity index (χ2v) is 5.41. The van der Waals surface area contributed by atoms with Gasteiger partial charge in [0.1, 0.15) is 19.4 Å². The molecule has 1 unspecified atom stereocenters. The van der Waals surface area contributed by atoms with Gasteiger partial charge in [0.2, 0.25) is 5.91 Å². The van der Waals surface area contributed by atoms with Crippen LogP contribution in [0.3, 0.4) is 0 Å². The molecule has 0 aliphatic heterocycles. The Kier molecular flexibility index (Phi) is 14.3. The molecule has 0 rings (SSSR count). The predicted molar refractivity (Wildman–Crippen MR) is 87.5 cm³/mol. The van der Waals surface area contributed by atoms with Gasteiger partial charge in [-0.25, -0.2) is 4.79 Å². The van der Waals surface area contributed by atoms with Crippen molar-refractivity contribution in [1.29, 1.82) is 0 Å². The molecule has 7 heteroatoms. The van der Waals surface area contributed by atoms with Crippen molar-refractivity contribution < 1.29 is 29.3 Å². The Balaban J connectivity index is 0. The normalized spacial score (nSPS) is 11.1. The van der Waals surface area contributed by atoms with E-state index in [0.29, 0.717) is 18.1 Å². The Morgan fingerprint density at radius 2 is 1.70 bits per heavy atom. The van der Waals surface area contributed by atoms with Crippen molar-refractivity contribution in [3.05, 3.63) is 24.3 Å². The lowest BCUT2D eigenvalue weighted by atomic mass is 10.2. The summed E-state index contributed by atoms with van der Waals surface area (Å²) in [5.74, 6) is -0.219. The van der Waals surface area contributed by atoms with Crippen LogP contribution in [-0.4, -0.2) is 54.7 Å². The molecule has 0 fully saturated rings. The summed E-state index contributed by atoms with van der Waals surface area (Å²) in [5, 5.41) is 19.6. The molecule has 3 N–H and O–H groups in total. The maximum absolute atomic E-state index is 10.9. The molecule has 23 heavy (non-hydrogen) atoms. The zero-order valence-corrected chi connectivity index (χ0v) is 14.4. The van der Waals surface area contributed by atoms with Gasteiger partial charge in [0.05, 0.1) is 13.2 Å². The van der Waals surface area contributed by atoms with Gasteiger partial charge in [-0.1, -0.05) is 27.0 Å². The second kappa shape index (κ2) is 13.9. The third-order valence-electron chi connectivity index (χ3n) is 2.14. The van der Waals surface area contributed by atoms with E-state index in [-0.39, 0.29) is 24.8 Å². The van der Waals surface area contributed by atoms with E-state index in [2.05, 4.69) is 37.1 Å². The highest BCUT2D eigenvalue weighted by Gasteiger charge is 2.07. The highest BCUT2D eigenvalue weighted by atomic mass is 16.5. The van der Waals surface area contributed by atoms with Crippen molar-refractivity contribution in [3.8, 4) is 0 Å². The number of carbonyl (C=O) groups excluding carboxylic acids is 2. The third-order valence-corrected chi connectivity index (χ3v) is 2.14. The van der Waals surface area contributed by atoms with E-state index >= 15 is 0 Å². The van der Waals surface area contributed by atoms with Crippen LogP contribution in [0.5, 0.6) is 0 Å². The number of hydrogen-bond donors (Lipinski definition) is 3. The van der Waals surface area contributed by atoms with Gasteiger partial charge in [0.15, 0.2) is 0 Å². The molecule has 0 heterocycles. The molecule has 0 bridgehead atoms. The number of ether oxygens (including phenoxy) is 2. The number of rotatable bonds is 9. The summed E-state index contributed by atoms with van der Waals surface area (Å²) in [4.78, 5) is 21.5. The van der Waals surface area contributed by atoms with Crippen LogP contribution >= 0.6 is 0 Å². The molecule has 0 saturated carbocycles. The molecular weight excluding hydrogens is 302 g/mol. The van der Waals surface area contributed by atoms with Crippen molar-refractivity contribution in [1.82, 2.24) is 5.32 Å². The third kappa shape index (κ3) is 16.5. The Morgan fingerprint density at radius 3 is 2.09 bits per heavy atom. The second-order valence-electron chi connectivity index (χ2n) is 5.41. The first-order valence-corrected chi connectivity index (χ1v) is 7.24. The fraction of sp³-hybridized carbons (Fsp3) is 0.625. The van der Waals surface area contributed by atoms with Gasteiger partial charge in [-0.05, 0) is 19.8 Å². The lowest BCUT2D eigenvalue weighted by Gasteiger charge is -2.07. The summed E-state index contributed by atoms with van der Waals surface area (Å²) in [7, 11) is 0. The molecule has 0 saturated heterocycles. The first kappa shape index (κ1) is 23.6. The lowest BCUT2D eigenvalue weighted by Crippen LogP contribution is -2.27. The molecule has 1 atom stereocenters. The summed E-state index contributed by atoms with van der Waals surface area (Å²) in [6, 6.07) is 0. The van der Waals surface area contributed by atoms with E-state index in [1.54, 1.807) is 6.92 Å². The zero-order chi connectivity index (χ0) is 18.4. The number of carbonyl (C=O) groups is 2. The molecule has 1 amide bonds. The fourth-order valence-corrected chi connectivity index (χ4v) is 0.910. The van der Waals surface area contributed by atoms with Crippen LogP contribution in [0.4, 0.5) is 0 Å². The van der Waals surface area contributed by atoms with Crippen molar-refractivity contribution in [2.24, 2.45) is 5.92 Å². The van der Waals surface area contributed by atoms with E-state index in [4.69, 9.17) is 14.9 Å². The number of amides is 1. The minimum atomic E-state index is -1.00. The number of aliphatic hydroxyl groups excluding tert-OH is 2. The number of esters is 1. The summed E-state index contributed by atoms with van der Waals surface area (Å²) < 4.78 is 9.65. The number of hydrogen-bond acceptors (Lipinski definition) is 6.